The SMILES string of the molecule is C=CC(=O)N1CCC2(CC(n3nc(-c4ccc(Oc5ccccc5)cc4)c4c(N)ncnc43)CO2)C1. The first-order valence-corrected chi connectivity index (χ1v) is 11.9. The van der Waals surface area contributed by atoms with Crippen LogP contribution < -0.4 is 10.5 Å². The number of fused-ring (bicyclic) bond motifs is 1. The lowest BCUT2D eigenvalue weighted by Gasteiger charge is -2.22. The van der Waals surface area contributed by atoms with Crippen molar-refractivity contribution in [3.05, 3.63) is 73.6 Å². The number of benzene rings is 2. The number of carbonyl (C=O) groups excluding carboxylic acids is 1. The zero-order valence-corrected chi connectivity index (χ0v) is 19.7. The third-order valence-electron chi connectivity index (χ3n) is 6.96. The predicted octanol–water partition coefficient (Wildman–Crippen LogP) is 3.99. The van der Waals surface area contributed by atoms with Gasteiger partial charge in [-0.05, 0) is 48.9 Å². The molecule has 0 aliphatic carbocycles. The summed E-state index contributed by atoms with van der Waals surface area (Å²) in [4.78, 5) is 22.6. The van der Waals surface area contributed by atoms with Gasteiger partial charge in [0.25, 0.3) is 0 Å². The van der Waals surface area contributed by atoms with E-state index in [1.807, 2.05) is 59.3 Å². The average Bonchev–Trinajstić information content (AvgIpc) is 3.63. The van der Waals surface area contributed by atoms with Gasteiger partial charge in [0.15, 0.2) is 5.65 Å². The molecule has 4 aromatic rings. The van der Waals surface area contributed by atoms with E-state index in [0.717, 1.165) is 29.9 Å². The molecule has 1 amide bonds. The second kappa shape index (κ2) is 8.76. The van der Waals surface area contributed by atoms with Crippen LogP contribution in [0.1, 0.15) is 18.9 Å². The maximum Gasteiger partial charge on any atom is 0.246 e. The van der Waals surface area contributed by atoms with Gasteiger partial charge in [-0.15, -0.1) is 0 Å². The molecule has 2 atom stereocenters. The van der Waals surface area contributed by atoms with Gasteiger partial charge in [0.2, 0.25) is 5.91 Å². The molecule has 2 fully saturated rings. The van der Waals surface area contributed by atoms with E-state index in [1.54, 1.807) is 4.90 Å². The van der Waals surface area contributed by atoms with Gasteiger partial charge in [0, 0.05) is 18.5 Å². The van der Waals surface area contributed by atoms with Gasteiger partial charge in [-0.3, -0.25) is 4.79 Å². The molecule has 0 saturated carbocycles. The van der Waals surface area contributed by atoms with E-state index in [1.165, 1.54) is 12.4 Å². The van der Waals surface area contributed by atoms with E-state index < -0.39 is 0 Å². The number of carbonyl (C=O) groups is 1. The Hall–Kier alpha value is -4.24. The van der Waals surface area contributed by atoms with Crippen LogP contribution in [-0.2, 0) is 9.53 Å². The summed E-state index contributed by atoms with van der Waals surface area (Å²) >= 11 is 0. The first kappa shape index (κ1) is 22.2. The minimum atomic E-state index is -0.378. The molecule has 182 valence electrons. The summed E-state index contributed by atoms with van der Waals surface area (Å²) in [6.07, 6.45) is 4.34. The van der Waals surface area contributed by atoms with Crippen LogP contribution in [0.25, 0.3) is 22.3 Å². The highest BCUT2D eigenvalue weighted by Gasteiger charge is 2.47. The predicted molar refractivity (Wildman–Crippen MR) is 135 cm³/mol. The third kappa shape index (κ3) is 3.87. The molecule has 2 aromatic heterocycles. The fraction of sp³-hybridized carbons (Fsp3) is 0.259. The van der Waals surface area contributed by atoms with Crippen molar-refractivity contribution in [3.63, 3.8) is 0 Å². The van der Waals surface area contributed by atoms with Gasteiger partial charge in [0.1, 0.15) is 29.3 Å². The van der Waals surface area contributed by atoms with Crippen molar-refractivity contribution >= 4 is 22.8 Å². The summed E-state index contributed by atoms with van der Waals surface area (Å²) in [7, 11) is 0. The van der Waals surface area contributed by atoms with Gasteiger partial charge < -0.3 is 20.1 Å². The molecule has 2 aromatic carbocycles. The van der Waals surface area contributed by atoms with E-state index in [4.69, 9.17) is 20.3 Å². The summed E-state index contributed by atoms with van der Waals surface area (Å²) in [5.41, 5.74) is 8.20. The molecular weight excluding hydrogens is 456 g/mol. The van der Waals surface area contributed by atoms with Crippen LogP contribution in [0.5, 0.6) is 11.5 Å². The number of nitrogens with two attached hydrogens (primary N) is 1. The first-order valence-electron chi connectivity index (χ1n) is 11.9. The van der Waals surface area contributed by atoms with E-state index >= 15 is 0 Å². The molecule has 2 N–H and O–H groups in total. The molecule has 9 nitrogen and oxygen atoms in total. The van der Waals surface area contributed by atoms with Crippen molar-refractivity contribution in [2.24, 2.45) is 0 Å². The zero-order valence-electron chi connectivity index (χ0n) is 19.7. The normalized spacial score (nSPS) is 21.3. The summed E-state index contributed by atoms with van der Waals surface area (Å²) in [5, 5.41) is 5.67. The number of hydrogen-bond donors (Lipinski definition) is 1. The quantitative estimate of drug-likeness (QED) is 0.429. The third-order valence-corrected chi connectivity index (χ3v) is 6.96. The summed E-state index contributed by atoms with van der Waals surface area (Å²) in [6, 6.07) is 17.3. The standard InChI is InChI=1S/C27H26N6O3/c1-2-22(34)32-13-12-27(16-32)14-19(15-35-27)33-26-23(25(28)29-17-30-26)24(31-33)18-8-10-21(11-9-18)36-20-6-4-3-5-7-20/h2-11,17,19H,1,12-16H2,(H2,28,29,30). The van der Waals surface area contributed by atoms with Crippen LogP contribution in [0.4, 0.5) is 5.82 Å². The van der Waals surface area contributed by atoms with E-state index in [9.17, 15) is 4.79 Å². The maximum absolute atomic E-state index is 12.1. The molecule has 2 unspecified atom stereocenters. The number of nitrogen functional groups attached to an aromatic ring is 1. The Morgan fingerprint density at radius 2 is 1.92 bits per heavy atom. The number of anilines is 1. The Labute approximate surface area is 208 Å². The second-order valence-electron chi connectivity index (χ2n) is 9.26. The zero-order chi connectivity index (χ0) is 24.7. The van der Waals surface area contributed by atoms with Gasteiger partial charge in [-0.25, -0.2) is 14.6 Å². The van der Waals surface area contributed by atoms with Crippen LogP contribution in [0.2, 0.25) is 0 Å². The van der Waals surface area contributed by atoms with E-state index in [2.05, 4.69) is 16.5 Å². The lowest BCUT2D eigenvalue weighted by Crippen LogP contribution is -2.35. The van der Waals surface area contributed by atoms with Gasteiger partial charge in [0.05, 0.1) is 30.2 Å². The number of hydrogen-bond acceptors (Lipinski definition) is 7. The molecule has 2 aliphatic heterocycles. The van der Waals surface area contributed by atoms with Crippen LogP contribution in [0.3, 0.4) is 0 Å². The van der Waals surface area contributed by atoms with Crippen molar-refractivity contribution in [1.29, 1.82) is 0 Å². The Kier molecular flexibility index (Phi) is 5.41. The summed E-state index contributed by atoms with van der Waals surface area (Å²) < 4.78 is 14.1. The highest BCUT2D eigenvalue weighted by atomic mass is 16.5. The molecule has 2 saturated heterocycles. The van der Waals surface area contributed by atoms with Crippen molar-refractivity contribution in [3.8, 4) is 22.8 Å². The van der Waals surface area contributed by atoms with E-state index in [0.29, 0.717) is 42.2 Å². The first-order chi connectivity index (χ1) is 17.5. The number of rotatable bonds is 5. The maximum atomic E-state index is 12.1. The molecular formula is C27H26N6O3. The number of likely N-dealkylation sites (tertiary alicyclic amines) is 1. The van der Waals surface area contributed by atoms with E-state index in [-0.39, 0.29) is 17.6 Å². The van der Waals surface area contributed by atoms with Crippen LogP contribution in [0, 0.1) is 0 Å². The minimum Gasteiger partial charge on any atom is -0.457 e. The number of aromatic nitrogens is 4. The number of nitrogens with zero attached hydrogens (tertiary/aromatic N) is 5. The van der Waals surface area contributed by atoms with Gasteiger partial charge in [-0.1, -0.05) is 24.8 Å². The smallest absolute Gasteiger partial charge is 0.246 e. The number of ether oxygens (including phenoxy) is 2. The lowest BCUT2D eigenvalue weighted by molar-refractivity contribution is -0.126. The molecule has 36 heavy (non-hydrogen) atoms. The van der Waals surface area contributed by atoms with Gasteiger partial charge in [-0.2, -0.15) is 5.10 Å². The molecule has 2 aliphatic rings. The highest BCUT2D eigenvalue weighted by Crippen LogP contribution is 2.42. The Bertz CT molecular complexity index is 1440. The monoisotopic (exact) mass is 482 g/mol. The fourth-order valence-electron chi connectivity index (χ4n) is 5.18. The van der Waals surface area contributed by atoms with Gasteiger partial charge >= 0.3 is 0 Å². The molecule has 4 heterocycles. The molecule has 1 spiro atoms. The molecule has 9 heteroatoms. The number of para-hydroxylation sites is 1. The number of amides is 1. The Morgan fingerprint density at radius 1 is 1.14 bits per heavy atom. The topological polar surface area (TPSA) is 108 Å². The highest BCUT2D eigenvalue weighted by molar-refractivity contribution is 5.98. The fourth-order valence-corrected chi connectivity index (χ4v) is 5.18. The van der Waals surface area contributed by atoms with Crippen LogP contribution in [0.15, 0.2) is 73.6 Å². The molecule has 0 bridgehead atoms. The largest absolute Gasteiger partial charge is 0.457 e. The molecule has 6 rings (SSSR count). The Morgan fingerprint density at radius 3 is 2.69 bits per heavy atom. The second-order valence-corrected chi connectivity index (χ2v) is 9.26. The van der Waals surface area contributed by atoms with Crippen molar-refractivity contribution in [2.45, 2.75) is 24.5 Å². The summed E-state index contributed by atoms with van der Waals surface area (Å²) in [5.74, 6) is 1.81. The lowest BCUT2D eigenvalue weighted by atomic mass is 9.97. The van der Waals surface area contributed by atoms with Crippen LogP contribution in [-0.4, -0.2) is 55.9 Å². The van der Waals surface area contributed by atoms with Crippen molar-refractivity contribution < 1.29 is 14.3 Å². The van der Waals surface area contributed by atoms with Crippen molar-refractivity contribution in [2.75, 3.05) is 25.4 Å². The van der Waals surface area contributed by atoms with Crippen molar-refractivity contribution in [1.82, 2.24) is 24.6 Å². The summed E-state index contributed by atoms with van der Waals surface area (Å²) in [6.45, 7) is 5.31. The molecule has 0 radical (unpaired) electrons. The minimum absolute atomic E-state index is 0.0324. The average molecular weight is 483 g/mol. The Balaban J connectivity index is 1.30. The van der Waals surface area contributed by atoms with Crippen LogP contribution >= 0.6 is 0 Å².